The largest absolute Gasteiger partial charge is 0.492 e. The topological polar surface area (TPSA) is 47.3 Å². The van der Waals surface area contributed by atoms with Crippen LogP contribution in [0.1, 0.15) is 32.6 Å². The van der Waals surface area contributed by atoms with E-state index < -0.39 is 0 Å². The van der Waals surface area contributed by atoms with E-state index in [0.29, 0.717) is 12.3 Å². The number of nitrogens with two attached hydrogens (primary N) is 1. The number of rotatable bonds is 10. The van der Waals surface area contributed by atoms with Crippen LogP contribution in [0.4, 0.5) is 11.4 Å². The summed E-state index contributed by atoms with van der Waals surface area (Å²) >= 11 is 1.93. The molecular weight excluding hydrogens is 256 g/mol. The van der Waals surface area contributed by atoms with E-state index in [1.165, 1.54) is 31.4 Å². The van der Waals surface area contributed by atoms with Gasteiger partial charge < -0.3 is 15.8 Å². The van der Waals surface area contributed by atoms with Crippen molar-refractivity contribution in [1.29, 1.82) is 0 Å². The van der Waals surface area contributed by atoms with Crippen LogP contribution in [-0.2, 0) is 0 Å². The molecule has 3 nitrogen and oxygen atoms in total. The zero-order valence-corrected chi connectivity index (χ0v) is 12.9. The Labute approximate surface area is 121 Å². The van der Waals surface area contributed by atoms with Gasteiger partial charge in [0.05, 0.1) is 12.3 Å². The fraction of sp³-hybridized carbons (Fsp3) is 0.600. The molecule has 0 amide bonds. The molecule has 0 unspecified atom stereocenters. The molecule has 0 aliphatic carbocycles. The lowest BCUT2D eigenvalue weighted by Crippen LogP contribution is -2.03. The summed E-state index contributed by atoms with van der Waals surface area (Å²) in [4.78, 5) is 0. The first-order valence-electron chi connectivity index (χ1n) is 7.03. The van der Waals surface area contributed by atoms with Crippen LogP contribution in [0.5, 0.6) is 5.75 Å². The van der Waals surface area contributed by atoms with Gasteiger partial charge in [0.2, 0.25) is 0 Å². The number of nitrogens with one attached hydrogen (secondary N) is 1. The van der Waals surface area contributed by atoms with Crippen molar-refractivity contribution >= 4 is 23.1 Å². The number of unbranched alkanes of at least 4 members (excludes halogenated alkanes) is 3. The summed E-state index contributed by atoms with van der Waals surface area (Å²) < 4.78 is 5.48. The van der Waals surface area contributed by atoms with E-state index in [9.17, 15) is 0 Å². The Bertz CT molecular complexity index is 358. The molecule has 0 bridgehead atoms. The van der Waals surface area contributed by atoms with E-state index >= 15 is 0 Å². The minimum Gasteiger partial charge on any atom is -0.492 e. The Morgan fingerprint density at radius 3 is 2.74 bits per heavy atom. The van der Waals surface area contributed by atoms with E-state index in [2.05, 4.69) is 11.6 Å². The van der Waals surface area contributed by atoms with Crippen molar-refractivity contribution in [2.24, 2.45) is 0 Å². The Kier molecular flexibility index (Phi) is 8.30. The van der Waals surface area contributed by atoms with Crippen LogP contribution in [0.3, 0.4) is 0 Å². The molecule has 0 aromatic heterocycles. The van der Waals surface area contributed by atoms with E-state index in [1.54, 1.807) is 0 Å². The van der Waals surface area contributed by atoms with Gasteiger partial charge in [0.1, 0.15) is 5.75 Å². The second-order valence-electron chi connectivity index (χ2n) is 4.52. The lowest BCUT2D eigenvalue weighted by atomic mass is 10.2. The standard InChI is InChI=1S/C15H26N2OS/c1-3-18-15-12-13(8-9-14(15)16)17-10-6-4-5-7-11-19-2/h8-9,12,17H,3-7,10-11,16H2,1-2H3. The van der Waals surface area contributed by atoms with Crippen LogP contribution in [0, 0.1) is 0 Å². The highest BCUT2D eigenvalue weighted by atomic mass is 32.2. The van der Waals surface area contributed by atoms with Gasteiger partial charge in [0.15, 0.2) is 0 Å². The maximum atomic E-state index is 5.84. The summed E-state index contributed by atoms with van der Waals surface area (Å²) in [7, 11) is 0. The average molecular weight is 282 g/mol. The number of thioether (sulfide) groups is 1. The predicted octanol–water partition coefficient (Wildman–Crippen LogP) is 4.00. The molecule has 3 N–H and O–H groups in total. The third-order valence-corrected chi connectivity index (χ3v) is 3.61. The first kappa shape index (κ1) is 16.0. The van der Waals surface area contributed by atoms with E-state index in [4.69, 9.17) is 10.5 Å². The molecule has 0 fully saturated rings. The Hall–Kier alpha value is -1.03. The van der Waals surface area contributed by atoms with Crippen molar-refractivity contribution in [2.45, 2.75) is 32.6 Å². The monoisotopic (exact) mass is 282 g/mol. The van der Waals surface area contributed by atoms with Gasteiger partial charge in [-0.1, -0.05) is 12.8 Å². The zero-order valence-electron chi connectivity index (χ0n) is 12.1. The van der Waals surface area contributed by atoms with E-state index in [-0.39, 0.29) is 0 Å². The fourth-order valence-corrected chi connectivity index (χ4v) is 2.38. The maximum absolute atomic E-state index is 5.84. The lowest BCUT2D eigenvalue weighted by molar-refractivity contribution is 0.342. The number of hydrogen-bond donors (Lipinski definition) is 2. The van der Waals surface area contributed by atoms with Gasteiger partial charge in [-0.25, -0.2) is 0 Å². The van der Waals surface area contributed by atoms with E-state index in [0.717, 1.165) is 18.0 Å². The van der Waals surface area contributed by atoms with Gasteiger partial charge in [-0.2, -0.15) is 11.8 Å². The molecule has 0 aliphatic heterocycles. The van der Waals surface area contributed by atoms with Crippen LogP contribution in [-0.4, -0.2) is 25.2 Å². The summed E-state index contributed by atoms with van der Waals surface area (Å²) in [6, 6.07) is 5.88. The molecule has 0 saturated carbocycles. The predicted molar refractivity (Wildman–Crippen MR) is 87.4 cm³/mol. The molecule has 108 valence electrons. The number of benzene rings is 1. The fourth-order valence-electron chi connectivity index (χ4n) is 1.88. The molecule has 0 heterocycles. The second kappa shape index (κ2) is 9.84. The third kappa shape index (κ3) is 6.62. The molecule has 4 heteroatoms. The molecular formula is C15H26N2OS. The average Bonchev–Trinajstić information content (AvgIpc) is 2.41. The Balaban J connectivity index is 2.23. The highest BCUT2D eigenvalue weighted by Crippen LogP contribution is 2.25. The van der Waals surface area contributed by atoms with Gasteiger partial charge in [0.25, 0.3) is 0 Å². The summed E-state index contributed by atoms with van der Waals surface area (Å²) in [5.74, 6) is 2.05. The van der Waals surface area contributed by atoms with Crippen LogP contribution < -0.4 is 15.8 Å². The SMILES string of the molecule is CCOc1cc(NCCCCCCSC)ccc1N. The van der Waals surface area contributed by atoms with E-state index in [1.807, 2.05) is 36.9 Å². The quantitative estimate of drug-likeness (QED) is 0.503. The summed E-state index contributed by atoms with van der Waals surface area (Å²) in [6.07, 6.45) is 7.33. The highest BCUT2D eigenvalue weighted by molar-refractivity contribution is 7.98. The lowest BCUT2D eigenvalue weighted by Gasteiger charge is -2.11. The Morgan fingerprint density at radius 1 is 1.21 bits per heavy atom. The number of anilines is 2. The van der Waals surface area contributed by atoms with Crippen LogP contribution in [0.2, 0.25) is 0 Å². The van der Waals surface area contributed by atoms with Gasteiger partial charge in [-0.15, -0.1) is 0 Å². The van der Waals surface area contributed by atoms with Crippen molar-refractivity contribution in [3.05, 3.63) is 18.2 Å². The van der Waals surface area contributed by atoms with Gasteiger partial charge in [0, 0.05) is 18.3 Å². The second-order valence-corrected chi connectivity index (χ2v) is 5.51. The zero-order chi connectivity index (χ0) is 13.9. The van der Waals surface area contributed by atoms with Crippen molar-refractivity contribution in [3.63, 3.8) is 0 Å². The first-order valence-corrected chi connectivity index (χ1v) is 8.42. The van der Waals surface area contributed by atoms with Gasteiger partial charge in [-0.05, 0) is 43.9 Å². The summed E-state index contributed by atoms with van der Waals surface area (Å²) in [5.41, 5.74) is 7.63. The van der Waals surface area contributed by atoms with Crippen molar-refractivity contribution in [1.82, 2.24) is 0 Å². The molecule has 0 saturated heterocycles. The van der Waals surface area contributed by atoms with Crippen molar-refractivity contribution in [2.75, 3.05) is 36.2 Å². The third-order valence-electron chi connectivity index (χ3n) is 2.92. The first-order chi connectivity index (χ1) is 9.27. The molecule has 1 rings (SSSR count). The molecule has 1 aromatic carbocycles. The van der Waals surface area contributed by atoms with Crippen LogP contribution in [0.25, 0.3) is 0 Å². The van der Waals surface area contributed by atoms with Crippen LogP contribution in [0.15, 0.2) is 18.2 Å². The molecule has 19 heavy (non-hydrogen) atoms. The molecule has 0 atom stereocenters. The minimum atomic E-state index is 0.642. The molecule has 0 spiro atoms. The number of ether oxygens (including phenoxy) is 1. The molecule has 0 radical (unpaired) electrons. The van der Waals surface area contributed by atoms with Crippen molar-refractivity contribution in [3.8, 4) is 5.75 Å². The van der Waals surface area contributed by atoms with Gasteiger partial charge >= 0.3 is 0 Å². The molecule has 0 aliphatic rings. The summed E-state index contributed by atoms with van der Waals surface area (Å²) in [6.45, 7) is 3.62. The van der Waals surface area contributed by atoms with Crippen LogP contribution >= 0.6 is 11.8 Å². The highest BCUT2D eigenvalue weighted by Gasteiger charge is 2.01. The van der Waals surface area contributed by atoms with Crippen molar-refractivity contribution < 1.29 is 4.74 Å². The maximum Gasteiger partial charge on any atom is 0.144 e. The Morgan fingerprint density at radius 2 is 2.00 bits per heavy atom. The smallest absolute Gasteiger partial charge is 0.144 e. The number of hydrogen-bond acceptors (Lipinski definition) is 4. The minimum absolute atomic E-state index is 0.642. The van der Waals surface area contributed by atoms with Gasteiger partial charge in [-0.3, -0.25) is 0 Å². The molecule has 1 aromatic rings. The number of nitrogen functional groups attached to an aromatic ring is 1. The normalized spacial score (nSPS) is 10.4. The summed E-state index contributed by atoms with van der Waals surface area (Å²) in [5, 5.41) is 3.42.